The molecule has 35 heavy (non-hydrogen) atoms. The number of fused-ring (bicyclic) bond motifs is 4. The molecule has 3 aromatic rings. The molecule has 0 saturated carbocycles. The Morgan fingerprint density at radius 3 is 2.60 bits per heavy atom. The highest BCUT2D eigenvalue weighted by molar-refractivity contribution is 7.80. The van der Waals surface area contributed by atoms with Crippen molar-refractivity contribution < 1.29 is 14.3 Å². The van der Waals surface area contributed by atoms with Gasteiger partial charge in [0.2, 0.25) is 5.91 Å². The van der Waals surface area contributed by atoms with Gasteiger partial charge in [-0.25, -0.2) is 0 Å². The number of anilines is 2. The maximum Gasteiger partial charge on any atom is 0.236 e. The molecule has 5 rings (SSSR count). The van der Waals surface area contributed by atoms with E-state index in [4.69, 9.17) is 33.3 Å². The van der Waals surface area contributed by atoms with Gasteiger partial charge in [-0.15, -0.1) is 0 Å². The molecule has 0 spiro atoms. The van der Waals surface area contributed by atoms with Crippen LogP contribution in [0.25, 0.3) is 0 Å². The Kier molecular flexibility index (Phi) is 5.85. The fourth-order valence-corrected chi connectivity index (χ4v) is 5.61. The Bertz CT molecular complexity index is 1330. The lowest BCUT2D eigenvalue weighted by Gasteiger charge is -2.56. The van der Waals surface area contributed by atoms with E-state index in [1.54, 1.807) is 19.2 Å². The Balaban J connectivity index is 1.64. The van der Waals surface area contributed by atoms with E-state index in [1.165, 1.54) is 0 Å². The third-order valence-electron chi connectivity index (χ3n) is 6.72. The summed E-state index contributed by atoms with van der Waals surface area (Å²) >= 11 is 12.0. The van der Waals surface area contributed by atoms with E-state index in [0.717, 1.165) is 28.1 Å². The van der Waals surface area contributed by atoms with E-state index in [-0.39, 0.29) is 5.91 Å². The third-order valence-corrected chi connectivity index (χ3v) is 7.27. The monoisotopic (exact) mass is 507 g/mol. The van der Waals surface area contributed by atoms with Crippen LogP contribution in [0, 0.1) is 19.8 Å². The summed E-state index contributed by atoms with van der Waals surface area (Å²) in [5.41, 5.74) is 3.32. The summed E-state index contributed by atoms with van der Waals surface area (Å²) in [5.74, 6) is 0.363. The molecule has 1 saturated heterocycles. The van der Waals surface area contributed by atoms with Crippen molar-refractivity contribution in [3.05, 3.63) is 82.4 Å². The zero-order valence-corrected chi connectivity index (χ0v) is 21.5. The zero-order chi connectivity index (χ0) is 24.9. The fraction of sp³-hybridized carbons (Fsp3) is 0.259. The first-order chi connectivity index (χ1) is 16.7. The van der Waals surface area contributed by atoms with Crippen LogP contribution < -0.4 is 25.0 Å². The van der Waals surface area contributed by atoms with E-state index in [1.807, 2.05) is 74.2 Å². The summed E-state index contributed by atoms with van der Waals surface area (Å²) in [4.78, 5) is 15.8. The van der Waals surface area contributed by atoms with Crippen LogP contribution in [0.5, 0.6) is 11.5 Å². The number of benzene rings is 3. The highest BCUT2D eigenvalue weighted by Crippen LogP contribution is 2.52. The van der Waals surface area contributed by atoms with Crippen molar-refractivity contribution in [2.45, 2.75) is 32.5 Å². The van der Waals surface area contributed by atoms with Gasteiger partial charge in [0.25, 0.3) is 0 Å². The zero-order valence-electron chi connectivity index (χ0n) is 19.9. The molecule has 1 fully saturated rings. The van der Waals surface area contributed by atoms with Gasteiger partial charge in [-0.3, -0.25) is 9.69 Å². The van der Waals surface area contributed by atoms with E-state index in [0.29, 0.717) is 21.6 Å². The van der Waals surface area contributed by atoms with Gasteiger partial charge in [-0.05, 0) is 75.0 Å². The highest BCUT2D eigenvalue weighted by atomic mass is 35.5. The smallest absolute Gasteiger partial charge is 0.236 e. The van der Waals surface area contributed by atoms with E-state index in [2.05, 4.69) is 10.6 Å². The van der Waals surface area contributed by atoms with Crippen LogP contribution in [0.4, 0.5) is 11.4 Å². The molecule has 2 N–H and O–H groups in total. The largest absolute Gasteiger partial charge is 0.493 e. The van der Waals surface area contributed by atoms with Crippen LogP contribution >= 0.6 is 23.8 Å². The second-order valence-corrected chi connectivity index (χ2v) is 9.88. The molecule has 2 aliphatic rings. The van der Waals surface area contributed by atoms with Gasteiger partial charge < -0.3 is 20.1 Å². The molecule has 1 amide bonds. The first-order valence-electron chi connectivity index (χ1n) is 11.3. The lowest BCUT2D eigenvalue weighted by Crippen LogP contribution is -2.72. The lowest BCUT2D eigenvalue weighted by atomic mass is 9.78. The number of aryl methyl sites for hydroxylation is 2. The number of para-hydroxylation sites is 1. The molecule has 180 valence electrons. The number of methoxy groups -OCH3 is 1. The minimum Gasteiger partial charge on any atom is -0.493 e. The highest BCUT2D eigenvalue weighted by Gasteiger charge is 2.59. The maximum atomic E-state index is 14.0. The van der Waals surface area contributed by atoms with Crippen LogP contribution in [0.3, 0.4) is 0 Å². The number of nitrogens with one attached hydrogen (secondary N) is 2. The molecular formula is C27H26ClN3O3S. The second kappa shape index (κ2) is 8.73. The molecule has 8 heteroatoms. The number of ether oxygens (including phenoxy) is 2. The quantitative estimate of drug-likeness (QED) is 0.437. The molecule has 2 bridgehead atoms. The predicted octanol–water partition coefficient (Wildman–Crippen LogP) is 5.76. The minimum atomic E-state index is -1.15. The van der Waals surface area contributed by atoms with Crippen molar-refractivity contribution in [1.29, 1.82) is 0 Å². The van der Waals surface area contributed by atoms with Crippen molar-refractivity contribution in [3.8, 4) is 11.5 Å². The Labute approximate surface area is 215 Å². The fourth-order valence-electron chi connectivity index (χ4n) is 5.07. The number of carbonyl (C=O) groups excluding carboxylic acids is 1. The van der Waals surface area contributed by atoms with Gasteiger partial charge in [0.1, 0.15) is 5.92 Å². The Morgan fingerprint density at radius 2 is 1.91 bits per heavy atom. The molecule has 0 radical (unpaired) electrons. The molecule has 0 aromatic heterocycles. The Morgan fingerprint density at radius 1 is 1.17 bits per heavy atom. The van der Waals surface area contributed by atoms with Gasteiger partial charge in [0.05, 0.1) is 13.2 Å². The number of rotatable bonds is 4. The molecule has 2 heterocycles. The molecule has 0 aliphatic carbocycles. The summed E-state index contributed by atoms with van der Waals surface area (Å²) in [7, 11) is 1.60. The Hall–Kier alpha value is -3.29. The normalized spacial score (nSPS) is 22.5. The van der Waals surface area contributed by atoms with E-state index < -0.39 is 17.7 Å². The van der Waals surface area contributed by atoms with Crippen molar-refractivity contribution in [3.63, 3.8) is 0 Å². The van der Waals surface area contributed by atoms with Gasteiger partial charge in [0, 0.05) is 22.0 Å². The van der Waals surface area contributed by atoms with Gasteiger partial charge in [-0.1, -0.05) is 41.4 Å². The number of hydrogen-bond donors (Lipinski definition) is 2. The summed E-state index contributed by atoms with van der Waals surface area (Å²) in [5, 5.41) is 7.61. The number of hydrogen-bond acceptors (Lipinski definition) is 4. The SMILES string of the molecule is COc1cccc2c1O[C@@]1(C)[C@@H](C(=O)Nc3ccc(C)cc3C)[C@@H]2NC(=S)N1c1ccc(Cl)cc1. The van der Waals surface area contributed by atoms with Gasteiger partial charge in [0.15, 0.2) is 22.3 Å². The standard InChI is InChI=1S/C27H26ClN3O3S/c1-15-8-13-20(16(2)14-15)29-25(32)22-23-19-6-5-7-21(33-4)24(19)34-27(22,3)31(26(35)30-23)18-11-9-17(28)10-12-18/h5-14,22-23H,1-4H3,(H,29,32)(H,30,35)/t22-,23-,27+/m1/s1. The van der Waals surface area contributed by atoms with Crippen LogP contribution in [0.15, 0.2) is 60.7 Å². The maximum absolute atomic E-state index is 14.0. The van der Waals surface area contributed by atoms with Crippen LogP contribution in [-0.2, 0) is 4.79 Å². The molecule has 6 nitrogen and oxygen atoms in total. The molecular weight excluding hydrogens is 482 g/mol. The minimum absolute atomic E-state index is 0.174. The first kappa shape index (κ1) is 23.5. The van der Waals surface area contributed by atoms with E-state index in [9.17, 15) is 4.79 Å². The lowest BCUT2D eigenvalue weighted by molar-refractivity contribution is -0.130. The van der Waals surface area contributed by atoms with Crippen molar-refractivity contribution in [1.82, 2.24) is 5.32 Å². The van der Waals surface area contributed by atoms with E-state index >= 15 is 0 Å². The van der Waals surface area contributed by atoms with Gasteiger partial charge in [-0.2, -0.15) is 0 Å². The average molecular weight is 508 g/mol. The number of carbonyl (C=O) groups is 1. The molecule has 0 unspecified atom stereocenters. The summed E-state index contributed by atoms with van der Waals surface area (Å²) in [6, 6.07) is 18.5. The van der Waals surface area contributed by atoms with Crippen LogP contribution in [0.1, 0.15) is 29.7 Å². The van der Waals surface area contributed by atoms with Crippen molar-refractivity contribution in [2.24, 2.45) is 5.92 Å². The molecule has 3 atom stereocenters. The third kappa shape index (κ3) is 3.89. The summed E-state index contributed by atoms with van der Waals surface area (Å²) in [6.45, 7) is 5.90. The predicted molar refractivity (Wildman–Crippen MR) is 142 cm³/mol. The number of thiocarbonyl (C=S) groups is 1. The second-order valence-electron chi connectivity index (χ2n) is 9.06. The first-order valence-corrected chi connectivity index (χ1v) is 12.1. The van der Waals surface area contributed by atoms with Crippen LogP contribution in [0.2, 0.25) is 5.02 Å². The topological polar surface area (TPSA) is 62.8 Å². The van der Waals surface area contributed by atoms with Crippen molar-refractivity contribution >= 4 is 46.2 Å². The summed E-state index contributed by atoms with van der Waals surface area (Å²) < 4.78 is 12.3. The molecule has 2 aliphatic heterocycles. The number of amides is 1. The average Bonchev–Trinajstić information content (AvgIpc) is 2.81. The van der Waals surface area contributed by atoms with Gasteiger partial charge >= 0.3 is 0 Å². The number of halogens is 1. The van der Waals surface area contributed by atoms with Crippen molar-refractivity contribution in [2.75, 3.05) is 17.3 Å². The van der Waals surface area contributed by atoms with Crippen LogP contribution in [-0.4, -0.2) is 23.9 Å². The number of nitrogens with zero attached hydrogens (tertiary/aromatic N) is 1. The summed E-state index contributed by atoms with van der Waals surface area (Å²) in [6.07, 6.45) is 0. The molecule has 3 aromatic carbocycles.